The molecule has 1 aromatic heterocycles. The lowest BCUT2D eigenvalue weighted by Gasteiger charge is -2.27. The van der Waals surface area contributed by atoms with Crippen LogP contribution in [0.25, 0.3) is 0 Å². The predicted octanol–water partition coefficient (Wildman–Crippen LogP) is 1.14. The molecule has 0 spiro atoms. The second-order valence-corrected chi connectivity index (χ2v) is 7.25. The number of imidazole rings is 1. The maximum atomic E-state index is 12.9. The minimum atomic E-state index is -0.162. The van der Waals surface area contributed by atoms with Gasteiger partial charge in [-0.05, 0) is 52.6 Å². The van der Waals surface area contributed by atoms with Gasteiger partial charge in [0.25, 0.3) is 11.8 Å². The molecule has 1 saturated heterocycles. The Bertz CT molecular complexity index is 632. The van der Waals surface area contributed by atoms with E-state index in [1.807, 2.05) is 28.5 Å². The maximum Gasteiger partial charge on any atom is 0.289 e. The van der Waals surface area contributed by atoms with Crippen LogP contribution in [0.15, 0.2) is 0 Å². The van der Waals surface area contributed by atoms with Crippen LogP contribution in [-0.2, 0) is 13.0 Å². The molecule has 2 aliphatic heterocycles. The van der Waals surface area contributed by atoms with Gasteiger partial charge in [-0.15, -0.1) is 0 Å². The van der Waals surface area contributed by atoms with E-state index < -0.39 is 0 Å². The van der Waals surface area contributed by atoms with Crippen molar-refractivity contribution in [1.29, 1.82) is 0 Å². The van der Waals surface area contributed by atoms with E-state index in [0.29, 0.717) is 18.1 Å². The third-order valence-electron chi connectivity index (χ3n) is 5.01. The molecular formula is C18H29N5O2. The largest absolute Gasteiger partial charge is 0.349 e. The molecule has 0 radical (unpaired) electrons. The molecule has 0 unspecified atom stereocenters. The predicted molar refractivity (Wildman–Crippen MR) is 95.8 cm³/mol. The van der Waals surface area contributed by atoms with Crippen molar-refractivity contribution in [1.82, 2.24) is 24.7 Å². The third kappa shape index (κ3) is 4.03. The van der Waals surface area contributed by atoms with Crippen molar-refractivity contribution >= 4 is 11.8 Å². The Kier molecular flexibility index (Phi) is 5.73. The molecule has 1 aromatic rings. The van der Waals surface area contributed by atoms with Crippen LogP contribution in [0.1, 0.15) is 58.9 Å². The zero-order valence-corrected chi connectivity index (χ0v) is 15.4. The number of rotatable bonds is 5. The summed E-state index contributed by atoms with van der Waals surface area (Å²) in [5.74, 6) is 0.273. The smallest absolute Gasteiger partial charge is 0.289 e. The Morgan fingerprint density at radius 3 is 2.52 bits per heavy atom. The molecule has 25 heavy (non-hydrogen) atoms. The minimum Gasteiger partial charge on any atom is -0.349 e. The molecular weight excluding hydrogens is 318 g/mol. The Morgan fingerprint density at radius 2 is 1.80 bits per heavy atom. The van der Waals surface area contributed by atoms with E-state index in [1.165, 1.54) is 6.42 Å². The van der Waals surface area contributed by atoms with Crippen LogP contribution in [-0.4, -0.2) is 71.4 Å². The molecule has 1 N–H and O–H groups in total. The van der Waals surface area contributed by atoms with E-state index in [4.69, 9.17) is 0 Å². The van der Waals surface area contributed by atoms with Crippen molar-refractivity contribution < 1.29 is 9.59 Å². The van der Waals surface area contributed by atoms with Crippen molar-refractivity contribution in [2.24, 2.45) is 0 Å². The lowest BCUT2D eigenvalue weighted by Crippen LogP contribution is -2.37. The molecule has 0 saturated carbocycles. The number of carbonyl (C=O) groups is 2. The summed E-state index contributed by atoms with van der Waals surface area (Å²) in [6, 6.07) is 0. The van der Waals surface area contributed by atoms with Gasteiger partial charge in [0.15, 0.2) is 5.82 Å². The standard InChI is InChI=1S/C18H29N5O2/c1-21(2)13-9-19-17(24)15-14-8-4-7-12-23(14)16(20-15)18(25)22-10-5-3-6-11-22/h3-13H2,1-2H3,(H,19,24). The van der Waals surface area contributed by atoms with E-state index in [1.54, 1.807) is 0 Å². The summed E-state index contributed by atoms with van der Waals surface area (Å²) in [5.41, 5.74) is 1.37. The van der Waals surface area contributed by atoms with E-state index in [-0.39, 0.29) is 11.8 Å². The van der Waals surface area contributed by atoms with Gasteiger partial charge in [-0.25, -0.2) is 4.98 Å². The number of nitrogens with zero attached hydrogens (tertiary/aromatic N) is 4. The summed E-state index contributed by atoms with van der Waals surface area (Å²) in [6.07, 6.45) is 6.18. The Hall–Kier alpha value is -1.89. The van der Waals surface area contributed by atoms with Crippen LogP contribution in [0.4, 0.5) is 0 Å². The van der Waals surface area contributed by atoms with Crippen molar-refractivity contribution in [2.75, 3.05) is 40.3 Å². The van der Waals surface area contributed by atoms with Gasteiger partial charge in [-0.1, -0.05) is 0 Å². The zero-order chi connectivity index (χ0) is 17.8. The van der Waals surface area contributed by atoms with Gasteiger partial charge in [0.2, 0.25) is 0 Å². The lowest BCUT2D eigenvalue weighted by atomic mass is 10.1. The number of carbonyl (C=O) groups excluding carboxylic acids is 2. The number of hydrogen-bond acceptors (Lipinski definition) is 4. The maximum absolute atomic E-state index is 12.9. The minimum absolute atomic E-state index is 0.0183. The van der Waals surface area contributed by atoms with Gasteiger partial charge < -0.3 is 19.7 Å². The van der Waals surface area contributed by atoms with Crippen LogP contribution < -0.4 is 5.32 Å². The second-order valence-electron chi connectivity index (χ2n) is 7.25. The Labute approximate surface area is 149 Å². The van der Waals surface area contributed by atoms with Gasteiger partial charge in [0, 0.05) is 32.7 Å². The molecule has 3 heterocycles. The summed E-state index contributed by atoms with van der Waals surface area (Å²) in [7, 11) is 3.94. The molecule has 7 nitrogen and oxygen atoms in total. The van der Waals surface area contributed by atoms with Crippen molar-refractivity contribution in [3.8, 4) is 0 Å². The van der Waals surface area contributed by atoms with Crippen LogP contribution in [0.2, 0.25) is 0 Å². The number of nitrogens with one attached hydrogen (secondary N) is 1. The van der Waals surface area contributed by atoms with Crippen LogP contribution in [0.5, 0.6) is 0 Å². The van der Waals surface area contributed by atoms with Crippen LogP contribution in [0, 0.1) is 0 Å². The number of amides is 2. The van der Waals surface area contributed by atoms with E-state index in [2.05, 4.69) is 10.3 Å². The van der Waals surface area contributed by atoms with Crippen LogP contribution in [0.3, 0.4) is 0 Å². The first-order chi connectivity index (χ1) is 12.1. The van der Waals surface area contributed by atoms with Crippen molar-refractivity contribution in [2.45, 2.75) is 45.1 Å². The first kappa shape index (κ1) is 17.9. The van der Waals surface area contributed by atoms with Crippen molar-refractivity contribution in [3.63, 3.8) is 0 Å². The molecule has 0 atom stereocenters. The first-order valence-corrected chi connectivity index (χ1v) is 9.39. The fraction of sp³-hybridized carbons (Fsp3) is 0.722. The molecule has 1 fully saturated rings. The zero-order valence-electron chi connectivity index (χ0n) is 15.4. The molecule has 2 amide bonds. The summed E-state index contributed by atoms with van der Waals surface area (Å²) in [4.78, 5) is 33.9. The monoisotopic (exact) mass is 347 g/mol. The molecule has 138 valence electrons. The highest BCUT2D eigenvalue weighted by Crippen LogP contribution is 2.23. The highest BCUT2D eigenvalue weighted by molar-refractivity contribution is 5.97. The average molecular weight is 347 g/mol. The number of hydrogen-bond donors (Lipinski definition) is 1. The highest BCUT2D eigenvalue weighted by atomic mass is 16.2. The molecule has 0 bridgehead atoms. The summed E-state index contributed by atoms with van der Waals surface area (Å²) in [5, 5.41) is 2.93. The van der Waals surface area contributed by atoms with Crippen LogP contribution >= 0.6 is 0 Å². The number of fused-ring (bicyclic) bond motifs is 1. The lowest BCUT2D eigenvalue weighted by molar-refractivity contribution is 0.0705. The quantitative estimate of drug-likeness (QED) is 0.867. The van der Waals surface area contributed by atoms with E-state index in [0.717, 1.165) is 64.0 Å². The van der Waals surface area contributed by atoms with Gasteiger partial charge in [-0.3, -0.25) is 9.59 Å². The summed E-state index contributed by atoms with van der Waals surface area (Å²) < 4.78 is 1.99. The number of piperidine rings is 1. The first-order valence-electron chi connectivity index (χ1n) is 9.39. The van der Waals surface area contributed by atoms with Gasteiger partial charge in [-0.2, -0.15) is 0 Å². The fourth-order valence-electron chi connectivity index (χ4n) is 3.60. The number of likely N-dealkylation sites (N-methyl/N-ethyl adjacent to an activating group) is 1. The van der Waals surface area contributed by atoms with Gasteiger partial charge >= 0.3 is 0 Å². The van der Waals surface area contributed by atoms with Gasteiger partial charge in [0.1, 0.15) is 5.69 Å². The Morgan fingerprint density at radius 1 is 1.08 bits per heavy atom. The molecule has 0 aromatic carbocycles. The SMILES string of the molecule is CN(C)CCNC(=O)c1nc(C(=O)N2CCCCC2)n2c1CCCC2. The number of aromatic nitrogens is 2. The Balaban J connectivity index is 1.80. The highest BCUT2D eigenvalue weighted by Gasteiger charge is 2.30. The third-order valence-corrected chi connectivity index (χ3v) is 5.01. The molecule has 7 heteroatoms. The fourth-order valence-corrected chi connectivity index (χ4v) is 3.60. The summed E-state index contributed by atoms with van der Waals surface area (Å²) in [6.45, 7) is 3.73. The second kappa shape index (κ2) is 7.99. The van der Waals surface area contributed by atoms with Crippen molar-refractivity contribution in [3.05, 3.63) is 17.2 Å². The average Bonchev–Trinajstić information content (AvgIpc) is 3.01. The van der Waals surface area contributed by atoms with E-state index >= 15 is 0 Å². The molecule has 0 aliphatic carbocycles. The van der Waals surface area contributed by atoms with Gasteiger partial charge in [0.05, 0.1) is 5.69 Å². The summed E-state index contributed by atoms with van der Waals surface area (Å²) >= 11 is 0. The normalized spacial score (nSPS) is 17.5. The number of likely N-dealkylation sites (tertiary alicyclic amines) is 1. The van der Waals surface area contributed by atoms with E-state index in [9.17, 15) is 9.59 Å². The molecule has 3 rings (SSSR count). The molecule has 2 aliphatic rings. The topological polar surface area (TPSA) is 70.5 Å².